The number of rotatable bonds is 11. The van der Waals surface area contributed by atoms with E-state index in [-0.39, 0.29) is 17.4 Å². The van der Waals surface area contributed by atoms with Gasteiger partial charge in [0.25, 0.3) is 0 Å². The first-order chi connectivity index (χ1) is 19.2. The van der Waals surface area contributed by atoms with Gasteiger partial charge in [0.2, 0.25) is 5.91 Å². The number of anilines is 2. The second kappa shape index (κ2) is 12.5. The lowest BCUT2D eigenvalue weighted by atomic mass is 9.86. The number of allylic oxidation sites excluding steroid dienone is 1. The van der Waals surface area contributed by atoms with Crippen molar-refractivity contribution in [3.05, 3.63) is 95.3 Å². The third kappa shape index (κ3) is 5.95. The van der Waals surface area contributed by atoms with Crippen molar-refractivity contribution in [2.75, 3.05) is 30.2 Å². The fourth-order valence-electron chi connectivity index (χ4n) is 5.00. The standard InChI is InChI=1S/C29H32F4N6O/c1-19-14-21(8-9-23(19)30)38-18-37-28(40)29(38,11-13-35-2)10-4-3-7-26(20-6-5-12-36-17-20)39(34)22-15-24(31)27(33)25(32)16-22/h5-9,12,14-17,35H,3-4,10-11,13,18,34H2,1-2H3,(H,37,40)/b26-7-. The smallest absolute Gasteiger partial charge is 0.247 e. The number of nitrogens with two attached hydrogens (primary N) is 1. The number of aromatic nitrogens is 1. The Balaban J connectivity index is 1.61. The second-order valence-electron chi connectivity index (χ2n) is 9.73. The molecule has 1 saturated heterocycles. The molecule has 2 heterocycles. The van der Waals surface area contributed by atoms with Crippen LogP contribution in [-0.2, 0) is 4.79 Å². The van der Waals surface area contributed by atoms with Crippen LogP contribution >= 0.6 is 0 Å². The number of benzene rings is 2. The average molecular weight is 557 g/mol. The minimum atomic E-state index is -1.58. The van der Waals surface area contributed by atoms with Gasteiger partial charge in [-0.3, -0.25) is 14.8 Å². The van der Waals surface area contributed by atoms with E-state index < -0.39 is 23.0 Å². The molecular formula is C29H32F4N6O. The maximum atomic E-state index is 14.0. The fourth-order valence-corrected chi connectivity index (χ4v) is 5.00. The van der Waals surface area contributed by atoms with Crippen LogP contribution in [0.15, 0.2) is 60.9 Å². The summed E-state index contributed by atoms with van der Waals surface area (Å²) in [6, 6.07) is 9.88. The molecule has 0 saturated carbocycles. The summed E-state index contributed by atoms with van der Waals surface area (Å²) in [5.41, 5.74) is 1.27. The van der Waals surface area contributed by atoms with Gasteiger partial charge in [0, 0.05) is 35.8 Å². The number of amides is 1. The number of hydrogen-bond donors (Lipinski definition) is 3. The molecule has 4 rings (SSSR count). The van der Waals surface area contributed by atoms with Gasteiger partial charge in [0.1, 0.15) is 11.4 Å². The van der Waals surface area contributed by atoms with E-state index in [9.17, 15) is 22.4 Å². The van der Waals surface area contributed by atoms with Gasteiger partial charge in [-0.1, -0.05) is 6.08 Å². The Kier molecular flexibility index (Phi) is 9.06. The van der Waals surface area contributed by atoms with Gasteiger partial charge in [-0.25, -0.2) is 23.4 Å². The number of carbonyl (C=O) groups is 1. The molecule has 1 unspecified atom stereocenters. The summed E-state index contributed by atoms with van der Waals surface area (Å²) in [4.78, 5) is 19.3. The van der Waals surface area contributed by atoms with Crippen molar-refractivity contribution in [2.45, 2.75) is 38.1 Å². The molecule has 212 valence electrons. The maximum Gasteiger partial charge on any atom is 0.247 e. The highest BCUT2D eigenvalue weighted by molar-refractivity contribution is 5.93. The number of nitrogens with zero attached hydrogens (tertiary/aromatic N) is 3. The molecule has 40 heavy (non-hydrogen) atoms. The second-order valence-corrected chi connectivity index (χ2v) is 9.73. The van der Waals surface area contributed by atoms with E-state index in [0.717, 1.165) is 22.8 Å². The fraction of sp³-hybridized carbons (Fsp3) is 0.310. The number of aryl methyl sites for hydroxylation is 1. The monoisotopic (exact) mass is 556 g/mol. The molecule has 0 radical (unpaired) electrons. The van der Waals surface area contributed by atoms with Crippen LogP contribution in [-0.4, -0.2) is 36.7 Å². The molecule has 2 aromatic carbocycles. The van der Waals surface area contributed by atoms with Gasteiger partial charge in [0.15, 0.2) is 17.5 Å². The number of unbranched alkanes of at least 4 members (excludes halogenated alkanes) is 1. The molecule has 4 N–H and O–H groups in total. The lowest BCUT2D eigenvalue weighted by Crippen LogP contribution is -2.51. The van der Waals surface area contributed by atoms with Crippen LogP contribution in [0.1, 0.15) is 36.8 Å². The summed E-state index contributed by atoms with van der Waals surface area (Å²) in [6.07, 6.45) is 6.92. The molecule has 1 fully saturated rings. The Morgan fingerprint density at radius 1 is 1.15 bits per heavy atom. The quantitative estimate of drug-likeness (QED) is 0.104. The largest absolute Gasteiger partial charge is 0.339 e. The molecule has 0 spiro atoms. The molecule has 1 amide bonds. The summed E-state index contributed by atoms with van der Waals surface area (Å²) >= 11 is 0. The van der Waals surface area contributed by atoms with Crippen LogP contribution in [0.5, 0.6) is 0 Å². The SMILES string of the molecule is CNCCC1(CCC/C=C(/c2cccnc2)N(N)c2cc(F)c(F)c(F)c2)C(=O)NCN1c1ccc(F)c(C)c1. The van der Waals surface area contributed by atoms with E-state index in [1.807, 2.05) is 11.9 Å². The summed E-state index contributed by atoms with van der Waals surface area (Å²) in [5.74, 6) is 1.55. The zero-order valence-corrected chi connectivity index (χ0v) is 22.4. The van der Waals surface area contributed by atoms with Crippen molar-refractivity contribution < 1.29 is 22.4 Å². The molecule has 1 aliphatic heterocycles. The summed E-state index contributed by atoms with van der Waals surface area (Å²) < 4.78 is 55.4. The van der Waals surface area contributed by atoms with E-state index in [1.54, 1.807) is 49.7 Å². The maximum absolute atomic E-state index is 14.0. The zero-order valence-electron chi connectivity index (χ0n) is 22.4. The predicted octanol–water partition coefficient (Wildman–Crippen LogP) is 4.78. The van der Waals surface area contributed by atoms with E-state index in [1.165, 1.54) is 6.07 Å². The van der Waals surface area contributed by atoms with Gasteiger partial charge in [0.05, 0.1) is 18.1 Å². The molecule has 7 nitrogen and oxygen atoms in total. The molecule has 0 bridgehead atoms. The molecule has 3 aromatic rings. The van der Waals surface area contributed by atoms with Gasteiger partial charge in [-0.2, -0.15) is 0 Å². The number of hydrazine groups is 1. The summed E-state index contributed by atoms with van der Waals surface area (Å²) in [6.45, 7) is 2.56. The van der Waals surface area contributed by atoms with E-state index in [2.05, 4.69) is 15.6 Å². The minimum Gasteiger partial charge on any atom is -0.339 e. The third-order valence-corrected chi connectivity index (χ3v) is 7.17. The predicted molar refractivity (Wildman–Crippen MR) is 147 cm³/mol. The van der Waals surface area contributed by atoms with Crippen LogP contribution in [0.4, 0.5) is 28.9 Å². The number of halogens is 4. The number of hydrogen-bond acceptors (Lipinski definition) is 6. The first-order valence-corrected chi connectivity index (χ1v) is 12.9. The zero-order chi connectivity index (χ0) is 28.9. The van der Waals surface area contributed by atoms with Gasteiger partial charge >= 0.3 is 0 Å². The Morgan fingerprint density at radius 2 is 1.90 bits per heavy atom. The highest BCUT2D eigenvalue weighted by Crippen LogP contribution is 2.36. The molecule has 1 aliphatic rings. The lowest BCUT2D eigenvalue weighted by molar-refractivity contribution is -0.124. The van der Waals surface area contributed by atoms with Crippen LogP contribution < -0.4 is 26.4 Å². The van der Waals surface area contributed by atoms with Crippen molar-refractivity contribution in [3.63, 3.8) is 0 Å². The van der Waals surface area contributed by atoms with Crippen molar-refractivity contribution in [1.82, 2.24) is 15.6 Å². The first-order valence-electron chi connectivity index (χ1n) is 12.9. The van der Waals surface area contributed by atoms with Gasteiger partial charge < -0.3 is 15.5 Å². The average Bonchev–Trinajstić information content (AvgIpc) is 3.27. The third-order valence-electron chi connectivity index (χ3n) is 7.17. The molecule has 11 heteroatoms. The Bertz CT molecular complexity index is 1360. The number of nitrogens with one attached hydrogen (secondary N) is 2. The van der Waals surface area contributed by atoms with Crippen LogP contribution in [0.3, 0.4) is 0 Å². The molecule has 1 aromatic heterocycles. The highest BCUT2D eigenvalue weighted by atomic mass is 19.2. The normalized spacial score (nSPS) is 17.3. The Labute approximate surface area is 230 Å². The Morgan fingerprint density at radius 3 is 2.55 bits per heavy atom. The van der Waals surface area contributed by atoms with Crippen molar-refractivity contribution in [1.29, 1.82) is 0 Å². The van der Waals surface area contributed by atoms with E-state index in [4.69, 9.17) is 5.84 Å². The Hall–Kier alpha value is -3.96. The van der Waals surface area contributed by atoms with Crippen LogP contribution in [0.25, 0.3) is 5.70 Å². The van der Waals surface area contributed by atoms with Crippen molar-refractivity contribution in [2.24, 2.45) is 5.84 Å². The van der Waals surface area contributed by atoms with Crippen molar-refractivity contribution >= 4 is 23.0 Å². The number of carbonyl (C=O) groups excluding carboxylic acids is 1. The minimum absolute atomic E-state index is 0.0787. The van der Waals surface area contributed by atoms with E-state index in [0.29, 0.717) is 55.7 Å². The van der Waals surface area contributed by atoms with Crippen LogP contribution in [0, 0.1) is 30.2 Å². The first kappa shape index (κ1) is 29.0. The topological polar surface area (TPSA) is 86.5 Å². The van der Waals surface area contributed by atoms with Gasteiger partial charge in [-0.05, 0) is 82.1 Å². The summed E-state index contributed by atoms with van der Waals surface area (Å²) in [7, 11) is 1.81. The lowest BCUT2D eigenvalue weighted by Gasteiger charge is -2.37. The highest BCUT2D eigenvalue weighted by Gasteiger charge is 2.47. The molecular weight excluding hydrogens is 524 g/mol. The van der Waals surface area contributed by atoms with E-state index >= 15 is 0 Å². The molecule has 1 atom stereocenters. The summed E-state index contributed by atoms with van der Waals surface area (Å²) in [5, 5.41) is 7.13. The van der Waals surface area contributed by atoms with Crippen LogP contribution in [0.2, 0.25) is 0 Å². The molecule has 0 aliphatic carbocycles. The van der Waals surface area contributed by atoms with Gasteiger partial charge in [-0.15, -0.1) is 0 Å². The number of pyridine rings is 1. The van der Waals surface area contributed by atoms with Crippen molar-refractivity contribution in [3.8, 4) is 0 Å².